The molecule has 4 heteroatoms. The zero-order chi connectivity index (χ0) is 23.9. The number of aromatic hydroxyl groups is 2. The van der Waals surface area contributed by atoms with Crippen molar-refractivity contribution in [3.05, 3.63) is 129 Å². The first-order valence-electron chi connectivity index (χ1n) is 10.9. The van der Waals surface area contributed by atoms with Gasteiger partial charge in [-0.25, -0.2) is 0 Å². The Morgan fingerprint density at radius 1 is 0.529 bits per heavy atom. The first-order chi connectivity index (χ1) is 16.4. The van der Waals surface area contributed by atoms with Crippen molar-refractivity contribution in [1.29, 1.82) is 0 Å². The first-order valence-corrected chi connectivity index (χ1v) is 12.5. The second-order valence-corrected chi connectivity index (χ2v) is 10.3. The van der Waals surface area contributed by atoms with Gasteiger partial charge in [-0.1, -0.05) is 72.8 Å². The van der Waals surface area contributed by atoms with Gasteiger partial charge in [0.15, 0.2) is 0 Å². The molecule has 0 amide bonds. The maximum absolute atomic E-state index is 10.1. The van der Waals surface area contributed by atoms with Crippen molar-refractivity contribution in [1.82, 2.24) is 0 Å². The Morgan fingerprint density at radius 3 is 1.59 bits per heavy atom. The minimum Gasteiger partial charge on any atom is -0.507 e. The van der Waals surface area contributed by atoms with E-state index in [-0.39, 0.29) is 11.5 Å². The topological polar surface area (TPSA) is 40.5 Å². The molecule has 2 N–H and O–H groups in total. The maximum atomic E-state index is 10.1. The lowest BCUT2D eigenvalue weighted by Crippen LogP contribution is -2.25. The highest BCUT2D eigenvalue weighted by molar-refractivity contribution is 9.10. The summed E-state index contributed by atoms with van der Waals surface area (Å²) in [4.78, 5) is 0. The Bertz CT molecular complexity index is 1460. The SMILES string of the molecule is CC(c1ccc(-c2ccc3ccccc3c2)cc1)(c1ccc(O)c(Br)c1)c1ccc(O)c(Br)c1. The molecule has 0 saturated heterocycles. The van der Waals surface area contributed by atoms with Gasteiger partial charge >= 0.3 is 0 Å². The van der Waals surface area contributed by atoms with Gasteiger partial charge in [0.05, 0.1) is 8.95 Å². The molecule has 0 aliphatic carbocycles. The van der Waals surface area contributed by atoms with Gasteiger partial charge in [-0.05, 0) is 108 Å². The summed E-state index contributed by atoms with van der Waals surface area (Å²) in [7, 11) is 0. The van der Waals surface area contributed by atoms with Crippen molar-refractivity contribution in [2.24, 2.45) is 0 Å². The van der Waals surface area contributed by atoms with Crippen LogP contribution in [0.15, 0.2) is 112 Å². The predicted molar refractivity (Wildman–Crippen MR) is 147 cm³/mol. The van der Waals surface area contributed by atoms with Gasteiger partial charge < -0.3 is 10.2 Å². The van der Waals surface area contributed by atoms with Gasteiger partial charge in [0.25, 0.3) is 0 Å². The van der Waals surface area contributed by atoms with E-state index in [9.17, 15) is 10.2 Å². The highest BCUT2D eigenvalue weighted by Crippen LogP contribution is 2.43. The number of hydrogen-bond acceptors (Lipinski definition) is 2. The molecule has 2 nitrogen and oxygen atoms in total. The third kappa shape index (κ3) is 4.02. The second-order valence-electron chi connectivity index (χ2n) is 8.60. The van der Waals surface area contributed by atoms with Crippen molar-refractivity contribution in [2.75, 3.05) is 0 Å². The van der Waals surface area contributed by atoms with E-state index in [1.807, 2.05) is 24.3 Å². The summed E-state index contributed by atoms with van der Waals surface area (Å²) in [5.74, 6) is 0.397. The average molecular weight is 574 g/mol. The molecule has 5 aromatic rings. The van der Waals surface area contributed by atoms with Gasteiger partial charge in [0.2, 0.25) is 0 Å². The highest BCUT2D eigenvalue weighted by Gasteiger charge is 2.32. The summed E-state index contributed by atoms with van der Waals surface area (Å²) < 4.78 is 1.28. The number of phenolic OH excluding ortho intramolecular Hbond substituents is 2. The molecule has 0 radical (unpaired) electrons. The van der Waals surface area contributed by atoms with Crippen LogP contribution in [0.4, 0.5) is 0 Å². The Morgan fingerprint density at radius 2 is 1.03 bits per heavy atom. The van der Waals surface area contributed by atoms with Crippen molar-refractivity contribution >= 4 is 42.6 Å². The smallest absolute Gasteiger partial charge is 0.129 e. The van der Waals surface area contributed by atoms with Crippen LogP contribution in [0, 0.1) is 0 Å². The molecule has 168 valence electrons. The summed E-state index contributed by atoms with van der Waals surface area (Å²) in [5, 5.41) is 22.6. The van der Waals surface area contributed by atoms with E-state index in [0.717, 1.165) is 22.3 Å². The van der Waals surface area contributed by atoms with Gasteiger partial charge in [-0.3, -0.25) is 0 Å². The molecule has 0 saturated carbocycles. The summed E-state index contributed by atoms with van der Waals surface area (Å²) >= 11 is 6.94. The molecule has 5 aromatic carbocycles. The lowest BCUT2D eigenvalue weighted by Gasteiger charge is -2.32. The molecule has 0 atom stereocenters. The van der Waals surface area contributed by atoms with E-state index in [0.29, 0.717) is 8.95 Å². The van der Waals surface area contributed by atoms with Crippen LogP contribution in [0.2, 0.25) is 0 Å². The third-order valence-electron chi connectivity index (χ3n) is 6.60. The number of benzene rings is 5. The molecule has 0 spiro atoms. The molecular weight excluding hydrogens is 552 g/mol. The van der Waals surface area contributed by atoms with Crippen LogP contribution >= 0.6 is 31.9 Å². The second kappa shape index (κ2) is 8.94. The van der Waals surface area contributed by atoms with Crippen LogP contribution in [-0.4, -0.2) is 10.2 Å². The van der Waals surface area contributed by atoms with Crippen molar-refractivity contribution in [3.63, 3.8) is 0 Å². The zero-order valence-corrected chi connectivity index (χ0v) is 21.6. The number of fused-ring (bicyclic) bond motifs is 1. The van der Waals surface area contributed by atoms with E-state index in [1.165, 1.54) is 16.3 Å². The minimum atomic E-state index is -0.519. The molecule has 0 aliphatic heterocycles. The van der Waals surface area contributed by atoms with E-state index in [2.05, 4.69) is 106 Å². The highest BCUT2D eigenvalue weighted by atomic mass is 79.9. The average Bonchev–Trinajstić information content (AvgIpc) is 2.86. The molecule has 0 heterocycles. The summed E-state index contributed by atoms with van der Waals surface area (Å²) in [6.07, 6.45) is 0. The first kappa shape index (κ1) is 22.7. The molecular formula is C30H22Br2O2. The Kier molecular flexibility index (Phi) is 5.97. The van der Waals surface area contributed by atoms with Gasteiger partial charge in [0, 0.05) is 5.41 Å². The minimum absolute atomic E-state index is 0.199. The van der Waals surface area contributed by atoms with Crippen molar-refractivity contribution in [2.45, 2.75) is 12.3 Å². The number of hydrogen-bond donors (Lipinski definition) is 2. The lowest BCUT2D eigenvalue weighted by atomic mass is 9.71. The van der Waals surface area contributed by atoms with Crippen molar-refractivity contribution in [3.8, 4) is 22.6 Å². The predicted octanol–water partition coefficient (Wildman–Crippen LogP) is 8.80. The van der Waals surface area contributed by atoms with Gasteiger partial charge in [-0.15, -0.1) is 0 Å². The van der Waals surface area contributed by atoms with Gasteiger partial charge in [0.1, 0.15) is 11.5 Å². The molecule has 0 aliphatic rings. The van der Waals surface area contributed by atoms with Crippen LogP contribution in [0.5, 0.6) is 11.5 Å². The number of halogens is 2. The van der Waals surface area contributed by atoms with Crippen LogP contribution in [-0.2, 0) is 5.41 Å². The molecule has 0 bridgehead atoms. The Hall–Kier alpha value is -3.08. The van der Waals surface area contributed by atoms with E-state index in [4.69, 9.17) is 0 Å². The van der Waals surface area contributed by atoms with Crippen LogP contribution < -0.4 is 0 Å². The fourth-order valence-corrected chi connectivity index (χ4v) is 5.26. The molecule has 5 rings (SSSR count). The monoisotopic (exact) mass is 572 g/mol. The largest absolute Gasteiger partial charge is 0.507 e. The quantitative estimate of drug-likeness (QED) is 0.211. The van der Waals surface area contributed by atoms with E-state index in [1.54, 1.807) is 12.1 Å². The molecule has 0 aromatic heterocycles. The van der Waals surface area contributed by atoms with Crippen LogP contribution in [0.25, 0.3) is 21.9 Å². The van der Waals surface area contributed by atoms with Crippen LogP contribution in [0.3, 0.4) is 0 Å². The fraction of sp³-hybridized carbons (Fsp3) is 0.0667. The summed E-state index contributed by atoms with van der Waals surface area (Å²) in [6.45, 7) is 2.16. The van der Waals surface area contributed by atoms with Crippen LogP contribution in [0.1, 0.15) is 23.6 Å². The maximum Gasteiger partial charge on any atom is 0.129 e. The Labute approximate surface area is 215 Å². The number of rotatable bonds is 4. The normalized spacial score (nSPS) is 11.6. The molecule has 0 fully saturated rings. The van der Waals surface area contributed by atoms with Crippen molar-refractivity contribution < 1.29 is 10.2 Å². The van der Waals surface area contributed by atoms with E-state index >= 15 is 0 Å². The summed E-state index contributed by atoms with van der Waals surface area (Å²) in [5.41, 5.74) is 4.95. The standard InChI is InChI=1S/C30H22Br2O2/c1-30(24-12-14-28(33)26(31)17-24,25-13-15-29(34)27(32)18-25)23-10-8-20(9-11-23)22-7-6-19-4-2-3-5-21(19)16-22/h2-18,33-34H,1H3. The van der Waals surface area contributed by atoms with Gasteiger partial charge in [-0.2, -0.15) is 0 Å². The molecule has 0 unspecified atom stereocenters. The fourth-order valence-electron chi connectivity index (χ4n) is 4.50. The Balaban J connectivity index is 1.63. The summed E-state index contributed by atoms with van der Waals surface area (Å²) in [6, 6.07) is 34.7. The van der Waals surface area contributed by atoms with E-state index < -0.39 is 5.41 Å². The zero-order valence-electron chi connectivity index (χ0n) is 18.5. The number of phenols is 2. The molecule has 34 heavy (non-hydrogen) atoms. The lowest BCUT2D eigenvalue weighted by molar-refractivity contribution is 0.471. The third-order valence-corrected chi connectivity index (χ3v) is 7.87.